The molecule has 0 radical (unpaired) electrons. The van der Waals surface area contributed by atoms with Crippen molar-refractivity contribution < 1.29 is 4.52 Å². The number of H-pyrrole nitrogens is 1. The van der Waals surface area contributed by atoms with Crippen LogP contribution in [0.2, 0.25) is 0 Å². The predicted octanol–water partition coefficient (Wildman–Crippen LogP) is 2.77. The van der Waals surface area contributed by atoms with Gasteiger partial charge in [-0.3, -0.25) is 0 Å². The van der Waals surface area contributed by atoms with Gasteiger partial charge in [0.1, 0.15) is 0 Å². The smallest absolute Gasteiger partial charge is 0.227 e. The van der Waals surface area contributed by atoms with E-state index in [1.807, 2.05) is 6.20 Å². The number of imidazole rings is 1. The second-order valence-electron chi connectivity index (χ2n) is 4.48. The van der Waals surface area contributed by atoms with Gasteiger partial charge in [0.05, 0.1) is 6.33 Å². The Bertz CT molecular complexity index is 661. The van der Waals surface area contributed by atoms with Crippen LogP contribution in [0.5, 0.6) is 0 Å². The highest BCUT2D eigenvalue weighted by Crippen LogP contribution is 2.11. The first-order valence-electron chi connectivity index (χ1n) is 6.33. The minimum atomic E-state index is 0.667. The number of nitrogens with zero attached hydrogens (tertiary/aromatic N) is 3. The van der Waals surface area contributed by atoms with E-state index in [0.717, 1.165) is 24.4 Å². The highest BCUT2D eigenvalue weighted by Gasteiger charge is 2.07. The van der Waals surface area contributed by atoms with Gasteiger partial charge in [-0.15, -0.1) is 0 Å². The number of rotatable bonds is 5. The van der Waals surface area contributed by atoms with E-state index in [1.165, 1.54) is 9.13 Å². The Hall–Kier alpha value is -1.70. The number of aryl methyl sites for hydroxylation is 2. The van der Waals surface area contributed by atoms with Crippen LogP contribution in [0.15, 0.2) is 41.3 Å². The molecule has 2 heterocycles. The zero-order chi connectivity index (χ0) is 13.8. The van der Waals surface area contributed by atoms with Crippen molar-refractivity contribution in [3.05, 3.63) is 63.3 Å². The van der Waals surface area contributed by atoms with E-state index >= 15 is 0 Å². The van der Waals surface area contributed by atoms with Crippen LogP contribution in [-0.2, 0) is 19.3 Å². The molecule has 1 aromatic carbocycles. The molecule has 20 heavy (non-hydrogen) atoms. The van der Waals surface area contributed by atoms with Crippen LogP contribution in [-0.4, -0.2) is 20.1 Å². The summed E-state index contributed by atoms with van der Waals surface area (Å²) < 4.78 is 6.48. The Balaban J connectivity index is 1.60. The molecular formula is C14H13IN4O. The van der Waals surface area contributed by atoms with E-state index < -0.39 is 0 Å². The topological polar surface area (TPSA) is 67.6 Å². The minimum absolute atomic E-state index is 0.667. The van der Waals surface area contributed by atoms with Crippen LogP contribution in [0.25, 0.3) is 0 Å². The molecule has 0 fully saturated rings. The third-order valence-electron chi connectivity index (χ3n) is 2.95. The Kier molecular flexibility index (Phi) is 4.10. The van der Waals surface area contributed by atoms with Crippen molar-refractivity contribution in [2.24, 2.45) is 0 Å². The molecule has 0 aliphatic rings. The fourth-order valence-corrected chi connectivity index (χ4v) is 2.27. The van der Waals surface area contributed by atoms with Crippen LogP contribution in [0, 0.1) is 3.57 Å². The highest BCUT2D eigenvalue weighted by molar-refractivity contribution is 14.1. The standard InChI is InChI=1S/C14H13IN4O/c15-11-3-1-10(2-4-11)7-13-18-14(20-19-13)6-5-12-8-16-9-17-12/h1-4,8-9H,5-7H2,(H,16,17)/i15-4. The first kappa shape index (κ1) is 13.3. The molecule has 0 saturated heterocycles. The number of hydrogen-bond acceptors (Lipinski definition) is 4. The third-order valence-corrected chi connectivity index (χ3v) is 3.67. The average molecular weight is 376 g/mol. The molecule has 5 nitrogen and oxygen atoms in total. The normalized spacial score (nSPS) is 10.8. The molecular weight excluding hydrogens is 363 g/mol. The molecule has 3 aromatic rings. The van der Waals surface area contributed by atoms with E-state index in [1.54, 1.807) is 6.33 Å². The maximum Gasteiger partial charge on any atom is 0.227 e. The van der Waals surface area contributed by atoms with Crippen LogP contribution >= 0.6 is 22.6 Å². The van der Waals surface area contributed by atoms with Crippen molar-refractivity contribution in [2.75, 3.05) is 0 Å². The summed E-state index contributed by atoms with van der Waals surface area (Å²) in [5.41, 5.74) is 2.26. The average Bonchev–Trinajstić information content (AvgIpc) is 3.10. The second-order valence-corrected chi connectivity index (χ2v) is 5.73. The Morgan fingerprint density at radius 1 is 1.15 bits per heavy atom. The van der Waals surface area contributed by atoms with Gasteiger partial charge < -0.3 is 9.51 Å². The second kappa shape index (κ2) is 6.17. The summed E-state index contributed by atoms with van der Waals surface area (Å²) in [6.45, 7) is 0. The Labute approximate surface area is 130 Å². The van der Waals surface area contributed by atoms with Crippen molar-refractivity contribution in [3.8, 4) is 0 Å². The molecule has 102 valence electrons. The molecule has 0 aliphatic carbocycles. The summed E-state index contributed by atoms with van der Waals surface area (Å²) in [5.74, 6) is 1.39. The van der Waals surface area contributed by atoms with Crippen molar-refractivity contribution in [1.29, 1.82) is 0 Å². The molecule has 0 saturated carbocycles. The summed E-state index contributed by atoms with van der Waals surface area (Å²) in [4.78, 5) is 11.5. The predicted molar refractivity (Wildman–Crippen MR) is 82.3 cm³/mol. The van der Waals surface area contributed by atoms with Crippen LogP contribution in [0.4, 0.5) is 0 Å². The molecule has 2 aromatic heterocycles. The summed E-state index contributed by atoms with van der Waals surface area (Å²) in [5, 5.41) is 4.02. The van der Waals surface area contributed by atoms with Crippen molar-refractivity contribution in [2.45, 2.75) is 19.3 Å². The van der Waals surface area contributed by atoms with E-state index in [-0.39, 0.29) is 0 Å². The van der Waals surface area contributed by atoms with Crippen molar-refractivity contribution in [1.82, 2.24) is 20.1 Å². The number of nitrogens with one attached hydrogen (secondary N) is 1. The van der Waals surface area contributed by atoms with Crippen LogP contribution < -0.4 is 0 Å². The van der Waals surface area contributed by atoms with Crippen LogP contribution in [0.1, 0.15) is 23.0 Å². The van der Waals surface area contributed by atoms with E-state index in [0.29, 0.717) is 12.3 Å². The molecule has 6 heteroatoms. The Morgan fingerprint density at radius 2 is 2.00 bits per heavy atom. The zero-order valence-corrected chi connectivity index (χ0v) is 12.9. The van der Waals surface area contributed by atoms with Gasteiger partial charge in [0.15, 0.2) is 5.82 Å². The lowest BCUT2D eigenvalue weighted by molar-refractivity contribution is 0.373. The molecule has 0 spiro atoms. The van der Waals surface area contributed by atoms with Gasteiger partial charge in [-0.1, -0.05) is 17.3 Å². The monoisotopic (exact) mass is 376 g/mol. The minimum Gasteiger partial charge on any atom is -0.348 e. The number of aromatic amines is 1. The maximum absolute atomic E-state index is 5.26. The SMILES string of the molecule is [123I]c1ccc(Cc2noc(CCc3cnc[nH]3)n2)cc1. The van der Waals surface area contributed by atoms with Crippen molar-refractivity contribution >= 4 is 22.6 Å². The lowest BCUT2D eigenvalue weighted by atomic mass is 10.1. The lowest BCUT2D eigenvalue weighted by Gasteiger charge is -1.96. The summed E-state index contributed by atoms with van der Waals surface area (Å²) in [6.07, 6.45) is 5.73. The van der Waals surface area contributed by atoms with Crippen LogP contribution in [0.3, 0.4) is 0 Å². The highest BCUT2D eigenvalue weighted by atomic mass is 123. The first-order valence-corrected chi connectivity index (χ1v) is 7.40. The number of halogens is 1. The lowest BCUT2D eigenvalue weighted by Crippen LogP contribution is -1.94. The Morgan fingerprint density at radius 3 is 2.75 bits per heavy atom. The third kappa shape index (κ3) is 3.44. The molecule has 0 unspecified atom stereocenters. The van der Waals surface area contributed by atoms with Gasteiger partial charge in [-0.2, -0.15) is 4.98 Å². The van der Waals surface area contributed by atoms with Gasteiger partial charge in [0.25, 0.3) is 0 Å². The summed E-state index contributed by atoms with van der Waals surface area (Å²) >= 11 is 2.29. The van der Waals surface area contributed by atoms with E-state index in [2.05, 4.69) is 67.0 Å². The molecule has 0 aliphatic heterocycles. The zero-order valence-electron chi connectivity index (χ0n) is 10.7. The summed E-state index contributed by atoms with van der Waals surface area (Å²) in [6, 6.07) is 8.33. The molecule has 3 rings (SSSR count). The molecule has 0 amide bonds. The largest absolute Gasteiger partial charge is 0.348 e. The van der Waals surface area contributed by atoms with E-state index in [4.69, 9.17) is 4.52 Å². The summed E-state index contributed by atoms with van der Waals surface area (Å²) in [7, 11) is 0. The van der Waals surface area contributed by atoms with Crippen molar-refractivity contribution in [3.63, 3.8) is 0 Å². The quantitative estimate of drug-likeness (QED) is 0.696. The van der Waals surface area contributed by atoms with Gasteiger partial charge in [0.2, 0.25) is 5.89 Å². The fraction of sp³-hybridized carbons (Fsp3) is 0.214. The number of benzene rings is 1. The van der Waals surface area contributed by atoms with Gasteiger partial charge in [0, 0.05) is 28.3 Å². The number of aromatic nitrogens is 4. The van der Waals surface area contributed by atoms with Gasteiger partial charge in [-0.05, 0) is 46.7 Å². The number of hydrogen-bond donors (Lipinski definition) is 1. The first-order chi connectivity index (χ1) is 9.79. The molecule has 1 N–H and O–H groups in total. The molecule has 0 atom stereocenters. The van der Waals surface area contributed by atoms with E-state index in [9.17, 15) is 0 Å². The fourth-order valence-electron chi connectivity index (χ4n) is 1.91. The molecule has 0 bridgehead atoms. The maximum atomic E-state index is 5.26. The van der Waals surface area contributed by atoms with Gasteiger partial charge >= 0.3 is 0 Å². The van der Waals surface area contributed by atoms with Gasteiger partial charge in [-0.25, -0.2) is 4.98 Å².